The molecule has 0 saturated heterocycles. The smallest absolute Gasteiger partial charge is 0.251 e. The number of rotatable bonds is 5. The highest BCUT2D eigenvalue weighted by atomic mass is 16.2. The number of nitrogens with one attached hydrogen (secondary N) is 2. The molecule has 29 heavy (non-hydrogen) atoms. The first kappa shape index (κ1) is 20.8. The van der Waals surface area contributed by atoms with Gasteiger partial charge in [-0.1, -0.05) is 13.8 Å². The predicted molar refractivity (Wildman–Crippen MR) is 114 cm³/mol. The van der Waals surface area contributed by atoms with Gasteiger partial charge in [0.05, 0.1) is 6.04 Å². The summed E-state index contributed by atoms with van der Waals surface area (Å²) in [6, 6.07) is 7.30. The SMILES string of the molecule is CCNC(=O)c1ccc2c(c1)C(Nc1nccc(C)n1)C(C)C(CC)N2C(C)=O. The van der Waals surface area contributed by atoms with E-state index < -0.39 is 0 Å². The van der Waals surface area contributed by atoms with Gasteiger partial charge in [0, 0.05) is 48.6 Å². The van der Waals surface area contributed by atoms with Crippen LogP contribution < -0.4 is 15.5 Å². The summed E-state index contributed by atoms with van der Waals surface area (Å²) in [5.74, 6) is 0.522. The zero-order valence-electron chi connectivity index (χ0n) is 17.7. The van der Waals surface area contributed by atoms with Crippen molar-refractivity contribution in [1.82, 2.24) is 15.3 Å². The molecule has 2 N–H and O–H groups in total. The predicted octanol–water partition coefficient (Wildman–Crippen LogP) is 3.47. The molecule has 0 aliphatic carbocycles. The average molecular weight is 396 g/mol. The summed E-state index contributed by atoms with van der Waals surface area (Å²) in [4.78, 5) is 35.6. The first-order valence-corrected chi connectivity index (χ1v) is 10.2. The van der Waals surface area contributed by atoms with Crippen molar-refractivity contribution in [3.8, 4) is 0 Å². The van der Waals surface area contributed by atoms with Gasteiger partial charge in [-0.3, -0.25) is 9.59 Å². The third-order valence-electron chi connectivity index (χ3n) is 5.52. The van der Waals surface area contributed by atoms with Gasteiger partial charge in [0.25, 0.3) is 5.91 Å². The molecule has 1 aromatic carbocycles. The molecule has 0 radical (unpaired) electrons. The largest absolute Gasteiger partial charge is 0.352 e. The molecule has 154 valence electrons. The van der Waals surface area contributed by atoms with Crippen LogP contribution in [0.4, 0.5) is 11.6 Å². The van der Waals surface area contributed by atoms with E-state index in [0.717, 1.165) is 23.4 Å². The number of carbonyl (C=O) groups is 2. The minimum absolute atomic E-state index is 0.000894. The van der Waals surface area contributed by atoms with Crippen molar-refractivity contribution in [3.63, 3.8) is 0 Å². The minimum atomic E-state index is -0.125. The first-order chi connectivity index (χ1) is 13.9. The van der Waals surface area contributed by atoms with Crippen molar-refractivity contribution in [1.29, 1.82) is 0 Å². The molecule has 3 atom stereocenters. The van der Waals surface area contributed by atoms with Gasteiger partial charge in [-0.25, -0.2) is 9.97 Å². The molecule has 0 saturated carbocycles. The molecule has 1 aliphatic rings. The lowest BCUT2D eigenvalue weighted by molar-refractivity contribution is -0.117. The quantitative estimate of drug-likeness (QED) is 0.809. The zero-order chi connectivity index (χ0) is 21.1. The summed E-state index contributed by atoms with van der Waals surface area (Å²) in [6.07, 6.45) is 2.55. The van der Waals surface area contributed by atoms with E-state index in [0.29, 0.717) is 18.1 Å². The Bertz CT molecular complexity index is 914. The first-order valence-electron chi connectivity index (χ1n) is 10.2. The van der Waals surface area contributed by atoms with Gasteiger partial charge in [-0.15, -0.1) is 0 Å². The molecule has 7 nitrogen and oxygen atoms in total. The van der Waals surface area contributed by atoms with Crippen molar-refractivity contribution in [2.45, 2.75) is 53.1 Å². The highest BCUT2D eigenvalue weighted by Crippen LogP contribution is 2.43. The molecule has 1 aliphatic heterocycles. The van der Waals surface area contributed by atoms with Gasteiger partial charge in [0.2, 0.25) is 11.9 Å². The Morgan fingerprint density at radius 2 is 1.97 bits per heavy atom. The van der Waals surface area contributed by atoms with Crippen LogP contribution in [0.1, 0.15) is 61.8 Å². The van der Waals surface area contributed by atoms with Crippen LogP contribution in [0, 0.1) is 12.8 Å². The number of carbonyl (C=O) groups excluding carboxylic acids is 2. The third-order valence-corrected chi connectivity index (χ3v) is 5.52. The Labute approximate surface area is 171 Å². The second kappa shape index (κ2) is 8.59. The summed E-state index contributed by atoms with van der Waals surface area (Å²) in [7, 11) is 0. The number of amides is 2. The van der Waals surface area contributed by atoms with E-state index in [9.17, 15) is 9.59 Å². The number of fused-ring (bicyclic) bond motifs is 1. The van der Waals surface area contributed by atoms with Crippen LogP contribution in [0.5, 0.6) is 0 Å². The average Bonchev–Trinajstić information content (AvgIpc) is 2.69. The van der Waals surface area contributed by atoms with E-state index in [1.54, 1.807) is 19.2 Å². The lowest BCUT2D eigenvalue weighted by Gasteiger charge is -2.45. The summed E-state index contributed by atoms with van der Waals surface area (Å²) >= 11 is 0. The maximum Gasteiger partial charge on any atom is 0.251 e. The fourth-order valence-corrected chi connectivity index (χ4v) is 4.17. The van der Waals surface area contributed by atoms with Gasteiger partial charge < -0.3 is 15.5 Å². The van der Waals surface area contributed by atoms with Crippen LogP contribution in [-0.2, 0) is 4.79 Å². The number of aromatic nitrogens is 2. The zero-order valence-corrected chi connectivity index (χ0v) is 17.7. The van der Waals surface area contributed by atoms with Crippen LogP contribution in [0.3, 0.4) is 0 Å². The summed E-state index contributed by atoms with van der Waals surface area (Å²) in [5, 5.41) is 6.30. The van der Waals surface area contributed by atoms with Gasteiger partial charge in [0.1, 0.15) is 0 Å². The topological polar surface area (TPSA) is 87.2 Å². The summed E-state index contributed by atoms with van der Waals surface area (Å²) in [5.41, 5.74) is 3.19. The molecule has 7 heteroatoms. The Morgan fingerprint density at radius 3 is 2.59 bits per heavy atom. The molecular weight excluding hydrogens is 366 g/mol. The summed E-state index contributed by atoms with van der Waals surface area (Å²) in [6.45, 7) is 10.2. The van der Waals surface area contributed by atoms with Crippen molar-refractivity contribution in [2.75, 3.05) is 16.8 Å². The van der Waals surface area contributed by atoms with Gasteiger partial charge in [-0.05, 0) is 50.1 Å². The second-order valence-electron chi connectivity index (χ2n) is 7.50. The summed E-state index contributed by atoms with van der Waals surface area (Å²) < 4.78 is 0. The van der Waals surface area contributed by atoms with E-state index in [4.69, 9.17) is 0 Å². The number of nitrogens with zero attached hydrogens (tertiary/aromatic N) is 3. The number of hydrogen-bond acceptors (Lipinski definition) is 5. The van der Waals surface area contributed by atoms with Gasteiger partial charge in [0.15, 0.2) is 0 Å². The van der Waals surface area contributed by atoms with Crippen LogP contribution >= 0.6 is 0 Å². The fraction of sp³-hybridized carbons (Fsp3) is 0.455. The Kier molecular flexibility index (Phi) is 6.15. The Morgan fingerprint density at radius 1 is 1.21 bits per heavy atom. The Balaban J connectivity index is 2.11. The lowest BCUT2D eigenvalue weighted by Crippen LogP contribution is -2.49. The lowest BCUT2D eigenvalue weighted by atomic mass is 9.80. The van der Waals surface area contributed by atoms with Gasteiger partial charge >= 0.3 is 0 Å². The second-order valence-corrected chi connectivity index (χ2v) is 7.50. The number of anilines is 2. The minimum Gasteiger partial charge on any atom is -0.352 e. The fourth-order valence-electron chi connectivity index (χ4n) is 4.17. The molecule has 0 bridgehead atoms. The van der Waals surface area contributed by atoms with Crippen molar-refractivity contribution >= 4 is 23.5 Å². The van der Waals surface area contributed by atoms with Crippen molar-refractivity contribution < 1.29 is 9.59 Å². The van der Waals surface area contributed by atoms with Crippen LogP contribution in [-0.4, -0.2) is 34.4 Å². The molecule has 3 rings (SSSR count). The monoisotopic (exact) mass is 395 g/mol. The molecule has 3 unspecified atom stereocenters. The van der Waals surface area contributed by atoms with Crippen LogP contribution in [0.15, 0.2) is 30.5 Å². The maximum atomic E-state index is 12.5. The molecule has 0 spiro atoms. The van der Waals surface area contributed by atoms with E-state index >= 15 is 0 Å². The Hall–Kier alpha value is -2.96. The van der Waals surface area contributed by atoms with E-state index in [1.807, 2.05) is 36.9 Å². The molecular formula is C22H29N5O2. The molecule has 2 aromatic rings. The highest BCUT2D eigenvalue weighted by Gasteiger charge is 2.40. The van der Waals surface area contributed by atoms with E-state index in [1.165, 1.54) is 0 Å². The highest BCUT2D eigenvalue weighted by molar-refractivity contribution is 5.98. The van der Waals surface area contributed by atoms with E-state index in [2.05, 4.69) is 34.4 Å². The van der Waals surface area contributed by atoms with Crippen LogP contribution in [0.25, 0.3) is 0 Å². The van der Waals surface area contributed by atoms with Crippen LogP contribution in [0.2, 0.25) is 0 Å². The normalized spacial score (nSPS) is 20.7. The number of hydrogen-bond donors (Lipinski definition) is 2. The molecule has 0 fully saturated rings. The van der Waals surface area contributed by atoms with Gasteiger partial charge in [-0.2, -0.15) is 0 Å². The molecule has 1 aromatic heterocycles. The number of aryl methyl sites for hydroxylation is 1. The van der Waals surface area contributed by atoms with Crippen molar-refractivity contribution in [3.05, 3.63) is 47.3 Å². The van der Waals surface area contributed by atoms with Crippen molar-refractivity contribution in [2.24, 2.45) is 5.92 Å². The molecule has 2 heterocycles. The third kappa shape index (κ3) is 4.09. The molecule has 2 amide bonds. The number of benzene rings is 1. The standard InChI is InChI=1S/C22H29N5O2/c1-6-18-14(4)20(26-22-24-11-10-13(3)25-22)17-12-16(21(29)23-7-2)8-9-19(17)27(18)15(5)28/h8-12,14,18,20H,6-7H2,1-5H3,(H,23,29)(H,24,25,26). The maximum absolute atomic E-state index is 12.5. The van der Waals surface area contributed by atoms with E-state index in [-0.39, 0.29) is 29.8 Å².